The van der Waals surface area contributed by atoms with Gasteiger partial charge in [0.2, 0.25) is 11.7 Å². The van der Waals surface area contributed by atoms with Gasteiger partial charge >= 0.3 is 0 Å². The SMILES string of the molecule is CCN=C(N)N.CCNc1ncc(Oc2cc(OC)c(C)cc2C(C)C)c(N)n1.COc1cc(O/C(C#N)=C/Nc2ccccc2)c(C(C)C)cc1C. The third kappa shape index (κ3) is 13.8. The van der Waals surface area contributed by atoms with E-state index in [1.165, 1.54) is 0 Å². The van der Waals surface area contributed by atoms with E-state index >= 15 is 0 Å². The number of hydrogen-bond donors (Lipinski definition) is 5. The van der Waals surface area contributed by atoms with Gasteiger partial charge in [-0.1, -0.05) is 45.9 Å². The highest BCUT2D eigenvalue weighted by atomic mass is 16.5. The van der Waals surface area contributed by atoms with E-state index in [0.717, 1.165) is 46.0 Å². The molecule has 1 aromatic heterocycles. The Balaban J connectivity index is 0.000000318. The Hall–Kier alpha value is -6.16. The summed E-state index contributed by atoms with van der Waals surface area (Å²) >= 11 is 0. The minimum atomic E-state index is 0.164. The number of nitrogens with zero attached hydrogens (tertiary/aromatic N) is 4. The van der Waals surface area contributed by atoms with E-state index in [9.17, 15) is 5.26 Å². The summed E-state index contributed by atoms with van der Waals surface area (Å²) in [6.07, 6.45) is 3.14. The molecule has 0 aliphatic heterocycles. The van der Waals surface area contributed by atoms with Crippen molar-refractivity contribution in [1.82, 2.24) is 9.97 Å². The highest BCUT2D eigenvalue weighted by Crippen LogP contribution is 2.37. The van der Waals surface area contributed by atoms with Crippen molar-refractivity contribution in [2.75, 3.05) is 43.7 Å². The third-order valence-corrected chi connectivity index (χ3v) is 7.45. The molecule has 0 saturated carbocycles. The summed E-state index contributed by atoms with van der Waals surface area (Å²) in [6, 6.07) is 19.5. The van der Waals surface area contributed by atoms with E-state index in [0.29, 0.717) is 41.5 Å². The van der Waals surface area contributed by atoms with Gasteiger partial charge in [-0.05, 0) is 86.1 Å². The zero-order valence-electron chi connectivity index (χ0n) is 32.6. The number of nitriles is 1. The summed E-state index contributed by atoms with van der Waals surface area (Å²) in [6.45, 7) is 17.7. The lowest BCUT2D eigenvalue weighted by molar-refractivity contribution is 0.399. The Morgan fingerprint density at radius 1 is 0.868 bits per heavy atom. The number of hydrogen-bond acceptors (Lipinski definition) is 11. The highest BCUT2D eigenvalue weighted by molar-refractivity contribution is 5.75. The minimum Gasteiger partial charge on any atom is -0.496 e. The van der Waals surface area contributed by atoms with E-state index in [1.54, 1.807) is 26.6 Å². The van der Waals surface area contributed by atoms with Crippen LogP contribution in [-0.2, 0) is 0 Å². The molecule has 8 N–H and O–H groups in total. The maximum Gasteiger partial charge on any atom is 0.224 e. The highest BCUT2D eigenvalue weighted by Gasteiger charge is 2.16. The van der Waals surface area contributed by atoms with Gasteiger partial charge < -0.3 is 46.8 Å². The smallest absolute Gasteiger partial charge is 0.224 e. The molecule has 4 rings (SSSR count). The molecule has 0 bridgehead atoms. The maximum atomic E-state index is 9.36. The Bertz CT molecular complexity index is 1850. The molecule has 0 unspecified atom stereocenters. The summed E-state index contributed by atoms with van der Waals surface area (Å²) in [5, 5.41) is 15.4. The monoisotopic (exact) mass is 725 g/mol. The number of guanidine groups is 1. The van der Waals surface area contributed by atoms with Crippen molar-refractivity contribution in [2.45, 2.75) is 67.2 Å². The molecule has 4 aromatic rings. The number of benzene rings is 3. The van der Waals surface area contributed by atoms with Crippen LogP contribution in [0.15, 0.2) is 77.7 Å². The summed E-state index contributed by atoms with van der Waals surface area (Å²) < 4.78 is 22.6. The van der Waals surface area contributed by atoms with Gasteiger partial charge in [-0.25, -0.2) is 4.98 Å². The van der Waals surface area contributed by atoms with Gasteiger partial charge in [0.1, 0.15) is 29.1 Å². The van der Waals surface area contributed by atoms with Gasteiger partial charge in [0.05, 0.1) is 26.6 Å². The van der Waals surface area contributed by atoms with Crippen LogP contribution in [-0.4, -0.2) is 43.2 Å². The van der Waals surface area contributed by atoms with Gasteiger partial charge in [0.15, 0.2) is 17.5 Å². The number of nitrogens with one attached hydrogen (secondary N) is 2. The quantitative estimate of drug-likeness (QED) is 0.0386. The lowest BCUT2D eigenvalue weighted by Gasteiger charge is -2.17. The van der Waals surface area contributed by atoms with Gasteiger partial charge in [0, 0.05) is 30.9 Å². The van der Waals surface area contributed by atoms with Gasteiger partial charge in [-0.3, -0.25) is 4.99 Å². The first-order valence-electron chi connectivity index (χ1n) is 17.3. The Labute approximate surface area is 314 Å². The van der Waals surface area contributed by atoms with Crippen LogP contribution in [0.3, 0.4) is 0 Å². The van der Waals surface area contributed by atoms with Crippen LogP contribution in [0.2, 0.25) is 0 Å². The molecule has 0 aliphatic carbocycles. The third-order valence-electron chi connectivity index (χ3n) is 7.45. The van der Waals surface area contributed by atoms with Crippen LogP contribution >= 0.6 is 0 Å². The molecule has 0 aliphatic rings. The second kappa shape index (κ2) is 21.9. The molecule has 1 heterocycles. The molecule has 3 aromatic carbocycles. The number of ether oxygens (including phenoxy) is 4. The summed E-state index contributed by atoms with van der Waals surface area (Å²) in [5.74, 6) is 4.99. The molecular formula is C40H55N9O4. The van der Waals surface area contributed by atoms with Crippen LogP contribution in [0, 0.1) is 25.2 Å². The number of allylic oxidation sites excluding steroid dienone is 1. The molecular weight excluding hydrogens is 670 g/mol. The molecule has 0 atom stereocenters. The molecule has 0 saturated heterocycles. The van der Waals surface area contributed by atoms with Crippen molar-refractivity contribution in [1.29, 1.82) is 5.26 Å². The minimum absolute atomic E-state index is 0.164. The first-order chi connectivity index (χ1) is 25.3. The fourth-order valence-corrected chi connectivity index (χ4v) is 4.80. The van der Waals surface area contributed by atoms with Gasteiger partial charge in [0.25, 0.3) is 0 Å². The Morgan fingerprint density at radius 3 is 1.89 bits per heavy atom. The average Bonchev–Trinajstić information content (AvgIpc) is 3.13. The summed E-state index contributed by atoms with van der Waals surface area (Å²) in [4.78, 5) is 12.0. The van der Waals surface area contributed by atoms with E-state index < -0.39 is 0 Å². The van der Waals surface area contributed by atoms with Crippen molar-refractivity contribution in [2.24, 2.45) is 16.5 Å². The van der Waals surface area contributed by atoms with E-state index in [2.05, 4.69) is 65.4 Å². The number of nitrogens with two attached hydrogens (primary N) is 3. The number of aryl methyl sites for hydroxylation is 2. The number of nitrogen functional groups attached to an aromatic ring is 1. The van der Waals surface area contributed by atoms with Crippen LogP contribution < -0.4 is 46.8 Å². The first kappa shape index (κ1) is 43.0. The number of aromatic nitrogens is 2. The topological polar surface area (TPSA) is 201 Å². The fourth-order valence-electron chi connectivity index (χ4n) is 4.80. The molecule has 284 valence electrons. The lowest BCUT2D eigenvalue weighted by Crippen LogP contribution is -2.22. The number of para-hydroxylation sites is 1. The number of rotatable bonds is 13. The summed E-state index contributed by atoms with van der Waals surface area (Å²) in [5.41, 5.74) is 21.0. The molecule has 53 heavy (non-hydrogen) atoms. The predicted octanol–water partition coefficient (Wildman–Crippen LogP) is 7.99. The van der Waals surface area contributed by atoms with Crippen LogP contribution in [0.5, 0.6) is 28.7 Å². The molecule has 0 amide bonds. The number of aliphatic imine (C=N–C) groups is 1. The van der Waals surface area contributed by atoms with Crippen molar-refractivity contribution < 1.29 is 18.9 Å². The van der Waals surface area contributed by atoms with E-state index in [-0.39, 0.29) is 17.6 Å². The van der Waals surface area contributed by atoms with Crippen LogP contribution in [0.4, 0.5) is 17.5 Å². The van der Waals surface area contributed by atoms with Gasteiger partial charge in [-0.15, -0.1) is 0 Å². The summed E-state index contributed by atoms with van der Waals surface area (Å²) in [7, 11) is 3.27. The average molecular weight is 726 g/mol. The standard InChI is InChI=1S/C20H22N2O2.C17H24N4O2.C3H9N3/c1-14(2)18-10-15(3)19(23-4)11-20(18)24-17(12-21)13-22-16-8-6-5-7-9-16;1-6-19-17-20-9-15(16(18)21-17)23-14-8-13(22-5)11(4)7-12(14)10(2)3;1-2-6-3(4)5/h5-11,13-14,22H,1-4H3;7-10H,6H2,1-5H3,(H3,18,19,20,21);2H2,1H3,(H4,4,5,6)/b17-13+;;. The van der Waals surface area contributed by atoms with Crippen molar-refractivity contribution in [3.05, 3.63) is 95.0 Å². The first-order valence-corrected chi connectivity index (χ1v) is 17.3. The van der Waals surface area contributed by atoms with Crippen LogP contribution in [0.25, 0.3) is 0 Å². The maximum absolute atomic E-state index is 9.36. The molecule has 13 nitrogen and oxygen atoms in total. The lowest BCUT2D eigenvalue weighted by atomic mass is 9.99. The second-order valence-electron chi connectivity index (χ2n) is 12.2. The zero-order valence-corrected chi connectivity index (χ0v) is 32.6. The van der Waals surface area contributed by atoms with Crippen molar-refractivity contribution in [3.63, 3.8) is 0 Å². The number of methoxy groups -OCH3 is 2. The van der Waals surface area contributed by atoms with Gasteiger partial charge in [-0.2, -0.15) is 10.2 Å². The molecule has 0 fully saturated rings. The fraction of sp³-hybridized carbons (Fsp3) is 0.350. The Morgan fingerprint density at radius 2 is 1.43 bits per heavy atom. The second-order valence-corrected chi connectivity index (χ2v) is 12.2. The Kier molecular flexibility index (Phi) is 17.8. The largest absolute Gasteiger partial charge is 0.496 e. The molecule has 0 spiro atoms. The predicted molar refractivity (Wildman–Crippen MR) is 215 cm³/mol. The van der Waals surface area contributed by atoms with Crippen molar-refractivity contribution in [3.8, 4) is 34.8 Å². The molecule has 13 heteroatoms. The van der Waals surface area contributed by atoms with Crippen LogP contribution in [0.1, 0.15) is 75.6 Å². The van der Waals surface area contributed by atoms with E-state index in [4.69, 9.17) is 36.1 Å². The zero-order chi connectivity index (χ0) is 39.5. The van der Waals surface area contributed by atoms with E-state index in [1.807, 2.05) is 76.2 Å². The van der Waals surface area contributed by atoms with Crippen molar-refractivity contribution >= 4 is 23.4 Å². The number of anilines is 3. The molecule has 0 radical (unpaired) electrons. The normalized spacial score (nSPS) is 10.5.